The first-order chi connectivity index (χ1) is 12.7. The Kier molecular flexibility index (Phi) is 4.81. The zero-order valence-electron chi connectivity index (χ0n) is 13.8. The molecule has 0 spiro atoms. The molecule has 0 saturated heterocycles. The molecule has 2 aromatic heterocycles. The van der Waals surface area contributed by atoms with Gasteiger partial charge in [0.15, 0.2) is 0 Å². The van der Waals surface area contributed by atoms with Crippen molar-refractivity contribution < 1.29 is 9.26 Å². The second-order valence-electron chi connectivity index (χ2n) is 5.55. The number of ether oxygens (including phenoxy) is 1. The minimum atomic E-state index is 0.518. The number of rotatable bonds is 5. The molecule has 4 rings (SSSR count). The van der Waals surface area contributed by atoms with Crippen LogP contribution in [-0.2, 0) is 6.42 Å². The van der Waals surface area contributed by atoms with Gasteiger partial charge in [-0.15, -0.1) is 11.3 Å². The Morgan fingerprint density at radius 1 is 1.00 bits per heavy atom. The summed E-state index contributed by atoms with van der Waals surface area (Å²) >= 11 is 5.03. The summed E-state index contributed by atoms with van der Waals surface area (Å²) < 4.78 is 11.6. The van der Waals surface area contributed by atoms with Crippen molar-refractivity contribution in [2.75, 3.05) is 7.11 Å². The maximum absolute atomic E-state index is 5.38. The van der Waals surface area contributed by atoms with E-state index >= 15 is 0 Å². The summed E-state index contributed by atoms with van der Waals surface area (Å²) in [6.45, 7) is 0. The van der Waals surface area contributed by atoms with Crippen molar-refractivity contribution in [2.24, 2.45) is 0 Å². The number of methoxy groups -OCH3 is 1. The SMILES string of the molecule is COc1ccc(-c2noc(Cc3nc(-c4ccc(Br)cc4)cs3)n2)cc1. The van der Waals surface area contributed by atoms with Gasteiger partial charge in [-0.05, 0) is 36.4 Å². The molecular weight excluding hydrogens is 414 g/mol. The summed E-state index contributed by atoms with van der Waals surface area (Å²) in [5, 5.41) is 7.04. The minimum Gasteiger partial charge on any atom is -0.497 e. The van der Waals surface area contributed by atoms with Gasteiger partial charge in [0.2, 0.25) is 11.7 Å². The Bertz CT molecular complexity index is 1010. The van der Waals surface area contributed by atoms with Gasteiger partial charge in [0, 0.05) is 21.0 Å². The van der Waals surface area contributed by atoms with Crippen molar-refractivity contribution in [3.05, 3.63) is 69.3 Å². The summed E-state index contributed by atoms with van der Waals surface area (Å²) in [6, 6.07) is 15.6. The Balaban J connectivity index is 1.49. The predicted molar refractivity (Wildman–Crippen MR) is 104 cm³/mol. The Morgan fingerprint density at radius 2 is 1.73 bits per heavy atom. The fourth-order valence-electron chi connectivity index (χ4n) is 2.46. The van der Waals surface area contributed by atoms with E-state index in [0.717, 1.165) is 32.1 Å². The zero-order chi connectivity index (χ0) is 17.9. The number of nitrogens with zero attached hydrogens (tertiary/aromatic N) is 3. The maximum atomic E-state index is 5.38. The number of halogens is 1. The Morgan fingerprint density at radius 3 is 2.46 bits per heavy atom. The van der Waals surface area contributed by atoms with Crippen LogP contribution >= 0.6 is 27.3 Å². The molecule has 2 heterocycles. The van der Waals surface area contributed by atoms with Crippen LogP contribution in [0.2, 0.25) is 0 Å². The molecule has 0 unspecified atom stereocenters. The van der Waals surface area contributed by atoms with E-state index in [1.807, 2.05) is 53.9 Å². The van der Waals surface area contributed by atoms with Gasteiger partial charge in [0.25, 0.3) is 0 Å². The standard InChI is InChI=1S/C19H14BrN3O2S/c1-24-15-8-4-13(5-9-15)19-22-17(25-23-19)10-18-21-16(11-26-18)12-2-6-14(20)7-3-12/h2-9,11H,10H2,1H3. The first-order valence-corrected chi connectivity index (χ1v) is 9.56. The molecule has 0 N–H and O–H groups in total. The molecule has 0 aliphatic heterocycles. The van der Waals surface area contributed by atoms with Crippen molar-refractivity contribution >= 4 is 27.3 Å². The Hall–Kier alpha value is -2.51. The van der Waals surface area contributed by atoms with E-state index in [2.05, 4.69) is 31.1 Å². The third-order valence-corrected chi connectivity index (χ3v) is 5.19. The summed E-state index contributed by atoms with van der Waals surface area (Å²) in [5.41, 5.74) is 2.92. The topological polar surface area (TPSA) is 61.0 Å². The van der Waals surface area contributed by atoms with Gasteiger partial charge in [0.05, 0.1) is 19.2 Å². The van der Waals surface area contributed by atoms with E-state index in [-0.39, 0.29) is 0 Å². The fraction of sp³-hybridized carbons (Fsp3) is 0.105. The number of benzene rings is 2. The van der Waals surface area contributed by atoms with Gasteiger partial charge in [-0.1, -0.05) is 33.2 Å². The summed E-state index contributed by atoms with van der Waals surface area (Å²) in [4.78, 5) is 9.14. The molecule has 5 nitrogen and oxygen atoms in total. The van der Waals surface area contributed by atoms with Gasteiger partial charge in [0.1, 0.15) is 10.8 Å². The smallest absolute Gasteiger partial charge is 0.233 e. The third-order valence-electron chi connectivity index (χ3n) is 3.81. The zero-order valence-corrected chi connectivity index (χ0v) is 16.3. The van der Waals surface area contributed by atoms with Crippen LogP contribution < -0.4 is 4.74 Å². The monoisotopic (exact) mass is 427 g/mol. The largest absolute Gasteiger partial charge is 0.497 e. The maximum Gasteiger partial charge on any atom is 0.233 e. The highest BCUT2D eigenvalue weighted by Crippen LogP contribution is 2.25. The number of hydrogen-bond donors (Lipinski definition) is 0. The van der Waals surface area contributed by atoms with E-state index < -0.39 is 0 Å². The van der Waals surface area contributed by atoms with Gasteiger partial charge >= 0.3 is 0 Å². The van der Waals surface area contributed by atoms with Crippen molar-refractivity contribution in [1.29, 1.82) is 0 Å². The molecule has 0 atom stereocenters. The lowest BCUT2D eigenvalue weighted by Crippen LogP contribution is -1.88. The van der Waals surface area contributed by atoms with Gasteiger partial charge in [-0.25, -0.2) is 4.98 Å². The third kappa shape index (κ3) is 3.68. The summed E-state index contributed by atoms with van der Waals surface area (Å²) in [5.74, 6) is 1.90. The highest BCUT2D eigenvalue weighted by molar-refractivity contribution is 9.10. The number of thiazole rings is 1. The van der Waals surface area contributed by atoms with Crippen LogP contribution in [0.5, 0.6) is 5.75 Å². The average molecular weight is 428 g/mol. The molecule has 4 aromatic rings. The van der Waals surface area contributed by atoms with Crippen LogP contribution in [0.25, 0.3) is 22.6 Å². The number of hydrogen-bond acceptors (Lipinski definition) is 6. The van der Waals surface area contributed by atoms with E-state index in [9.17, 15) is 0 Å². The van der Waals surface area contributed by atoms with Crippen molar-refractivity contribution in [1.82, 2.24) is 15.1 Å². The second kappa shape index (κ2) is 7.39. The lowest BCUT2D eigenvalue weighted by molar-refractivity contribution is 0.385. The van der Waals surface area contributed by atoms with Gasteiger partial charge in [-0.3, -0.25) is 0 Å². The number of aromatic nitrogens is 3. The summed E-state index contributed by atoms with van der Waals surface area (Å²) in [7, 11) is 1.64. The quantitative estimate of drug-likeness (QED) is 0.436. The highest BCUT2D eigenvalue weighted by Gasteiger charge is 2.12. The minimum absolute atomic E-state index is 0.518. The molecule has 7 heteroatoms. The van der Waals surface area contributed by atoms with E-state index in [0.29, 0.717) is 18.1 Å². The first-order valence-electron chi connectivity index (χ1n) is 7.88. The predicted octanol–water partition coefficient (Wildman–Crippen LogP) is 5.22. The molecule has 0 radical (unpaired) electrons. The van der Waals surface area contributed by atoms with Crippen LogP contribution in [-0.4, -0.2) is 22.2 Å². The molecule has 0 saturated carbocycles. The van der Waals surface area contributed by atoms with Crippen LogP contribution in [0.15, 0.2) is 62.9 Å². The van der Waals surface area contributed by atoms with Crippen molar-refractivity contribution in [3.8, 4) is 28.4 Å². The fourth-order valence-corrected chi connectivity index (χ4v) is 3.52. The Labute approximate surface area is 162 Å². The van der Waals surface area contributed by atoms with E-state index in [1.54, 1.807) is 18.4 Å². The second-order valence-corrected chi connectivity index (χ2v) is 7.41. The lowest BCUT2D eigenvalue weighted by atomic mass is 10.2. The molecule has 0 fully saturated rings. The molecule has 0 aliphatic carbocycles. The normalized spacial score (nSPS) is 10.8. The molecular formula is C19H14BrN3O2S. The molecule has 2 aromatic carbocycles. The van der Waals surface area contributed by atoms with Crippen LogP contribution in [0.1, 0.15) is 10.9 Å². The van der Waals surface area contributed by atoms with Crippen LogP contribution in [0.4, 0.5) is 0 Å². The molecule has 0 amide bonds. The first kappa shape index (κ1) is 16.9. The van der Waals surface area contributed by atoms with Gasteiger partial charge in [-0.2, -0.15) is 4.98 Å². The van der Waals surface area contributed by atoms with Crippen LogP contribution in [0, 0.1) is 0 Å². The molecule has 0 bridgehead atoms. The van der Waals surface area contributed by atoms with Crippen LogP contribution in [0.3, 0.4) is 0 Å². The molecule has 0 aliphatic rings. The van der Waals surface area contributed by atoms with Crippen molar-refractivity contribution in [3.63, 3.8) is 0 Å². The lowest BCUT2D eigenvalue weighted by Gasteiger charge is -1.98. The molecule has 130 valence electrons. The molecule has 26 heavy (non-hydrogen) atoms. The highest BCUT2D eigenvalue weighted by atomic mass is 79.9. The van der Waals surface area contributed by atoms with E-state index in [1.165, 1.54) is 0 Å². The van der Waals surface area contributed by atoms with E-state index in [4.69, 9.17) is 9.26 Å². The van der Waals surface area contributed by atoms with Crippen molar-refractivity contribution in [2.45, 2.75) is 6.42 Å². The summed E-state index contributed by atoms with van der Waals surface area (Å²) in [6.07, 6.45) is 0.518. The van der Waals surface area contributed by atoms with Gasteiger partial charge < -0.3 is 9.26 Å². The average Bonchev–Trinajstić information content (AvgIpc) is 3.33.